The third-order valence-corrected chi connectivity index (χ3v) is 5.22. The topological polar surface area (TPSA) is 46.3 Å². The molecule has 0 radical (unpaired) electrons. The molecule has 2 fully saturated rings. The minimum atomic E-state index is -0.118. The summed E-state index contributed by atoms with van der Waals surface area (Å²) in [6.45, 7) is 5.51. The third kappa shape index (κ3) is 2.67. The van der Waals surface area contributed by atoms with Gasteiger partial charge in [-0.05, 0) is 24.8 Å². The zero-order valence-electron chi connectivity index (χ0n) is 9.37. The summed E-state index contributed by atoms with van der Waals surface area (Å²) in [5.41, 5.74) is 5.86. The first kappa shape index (κ1) is 11.3. The number of carbonyl (C=O) groups is 1. The van der Waals surface area contributed by atoms with Crippen molar-refractivity contribution < 1.29 is 4.79 Å². The Morgan fingerprint density at radius 1 is 1.60 bits per heavy atom. The number of likely N-dealkylation sites (tertiary alicyclic amines) is 1. The molecule has 4 heteroatoms. The van der Waals surface area contributed by atoms with Gasteiger partial charge in [-0.25, -0.2) is 0 Å². The second-order valence-electron chi connectivity index (χ2n) is 5.28. The van der Waals surface area contributed by atoms with Crippen LogP contribution in [0.2, 0.25) is 0 Å². The maximum absolute atomic E-state index is 11.1. The third-order valence-electron chi connectivity index (χ3n) is 3.41. The quantitative estimate of drug-likeness (QED) is 0.782. The summed E-state index contributed by atoms with van der Waals surface area (Å²) in [5.74, 6) is 2.51. The molecule has 1 amide bonds. The fraction of sp³-hybridized carbons (Fsp3) is 0.909. The van der Waals surface area contributed by atoms with Gasteiger partial charge in [-0.3, -0.25) is 4.79 Å². The van der Waals surface area contributed by atoms with Crippen LogP contribution in [-0.2, 0) is 4.79 Å². The number of rotatable bonds is 3. The van der Waals surface area contributed by atoms with Crippen LogP contribution in [0.3, 0.4) is 0 Å². The molecule has 0 aromatic heterocycles. The van der Waals surface area contributed by atoms with E-state index in [4.69, 9.17) is 5.73 Å². The largest absolute Gasteiger partial charge is 0.369 e. The van der Waals surface area contributed by atoms with Crippen molar-refractivity contribution in [2.24, 2.45) is 17.1 Å². The molecule has 0 aromatic rings. The Bertz CT molecular complexity index is 253. The Kier molecular flexibility index (Phi) is 3.26. The maximum atomic E-state index is 11.1. The molecule has 2 aliphatic heterocycles. The first-order chi connectivity index (χ1) is 7.09. The van der Waals surface area contributed by atoms with Crippen LogP contribution in [-0.4, -0.2) is 41.9 Å². The minimum absolute atomic E-state index is 0.0927. The molecule has 15 heavy (non-hydrogen) atoms. The van der Waals surface area contributed by atoms with Gasteiger partial charge in [0.25, 0.3) is 0 Å². The highest BCUT2D eigenvalue weighted by Crippen LogP contribution is 2.38. The Balaban J connectivity index is 1.84. The van der Waals surface area contributed by atoms with Crippen molar-refractivity contribution >= 4 is 17.7 Å². The first-order valence-corrected chi connectivity index (χ1v) is 6.84. The number of primary amides is 1. The number of carbonyl (C=O) groups excluding carboxylic acids is 1. The molecule has 0 aromatic carbocycles. The molecule has 0 aliphatic carbocycles. The van der Waals surface area contributed by atoms with E-state index in [1.54, 1.807) is 0 Å². The van der Waals surface area contributed by atoms with Crippen LogP contribution in [0.5, 0.6) is 0 Å². The van der Waals surface area contributed by atoms with Gasteiger partial charge in [0.1, 0.15) is 0 Å². The van der Waals surface area contributed by atoms with Crippen LogP contribution in [0.15, 0.2) is 0 Å². The lowest BCUT2D eigenvalue weighted by molar-refractivity contribution is -0.123. The van der Waals surface area contributed by atoms with E-state index in [2.05, 4.69) is 11.8 Å². The summed E-state index contributed by atoms with van der Waals surface area (Å²) in [6.07, 6.45) is 2.11. The summed E-state index contributed by atoms with van der Waals surface area (Å²) in [4.78, 5) is 13.6. The molecule has 2 aliphatic rings. The minimum Gasteiger partial charge on any atom is -0.369 e. The van der Waals surface area contributed by atoms with E-state index in [1.807, 2.05) is 11.8 Å². The van der Waals surface area contributed by atoms with Crippen LogP contribution >= 0.6 is 11.8 Å². The molecule has 0 saturated carbocycles. The Hall–Kier alpha value is -0.220. The van der Waals surface area contributed by atoms with Gasteiger partial charge >= 0.3 is 0 Å². The van der Waals surface area contributed by atoms with Gasteiger partial charge in [0, 0.05) is 24.6 Å². The summed E-state index contributed by atoms with van der Waals surface area (Å²) >= 11 is 2.02. The number of piperidine rings is 1. The lowest BCUT2D eigenvalue weighted by Crippen LogP contribution is -2.49. The Morgan fingerprint density at radius 2 is 2.33 bits per heavy atom. The van der Waals surface area contributed by atoms with Gasteiger partial charge in [-0.15, -0.1) is 0 Å². The molecule has 2 N–H and O–H groups in total. The maximum Gasteiger partial charge on any atom is 0.221 e. The number of thioether (sulfide) groups is 1. The van der Waals surface area contributed by atoms with Crippen molar-refractivity contribution in [3.8, 4) is 0 Å². The van der Waals surface area contributed by atoms with Crippen molar-refractivity contribution in [3.05, 3.63) is 0 Å². The Morgan fingerprint density at radius 3 is 2.87 bits per heavy atom. The van der Waals surface area contributed by atoms with Gasteiger partial charge < -0.3 is 10.6 Å². The van der Waals surface area contributed by atoms with Gasteiger partial charge in [0.15, 0.2) is 0 Å². The molecular formula is C11H20N2OS. The number of hydrogen-bond acceptors (Lipinski definition) is 3. The monoisotopic (exact) mass is 228 g/mol. The van der Waals surface area contributed by atoms with Gasteiger partial charge in [-0.2, -0.15) is 11.8 Å². The average Bonchev–Trinajstić information content (AvgIpc) is 2.16. The molecule has 0 bridgehead atoms. The van der Waals surface area contributed by atoms with Crippen LogP contribution in [0.25, 0.3) is 0 Å². The van der Waals surface area contributed by atoms with Crippen LogP contribution in [0, 0.1) is 11.3 Å². The smallest absolute Gasteiger partial charge is 0.221 e. The second-order valence-corrected chi connectivity index (χ2v) is 6.27. The zero-order valence-corrected chi connectivity index (χ0v) is 10.2. The summed E-state index contributed by atoms with van der Waals surface area (Å²) in [5, 5.41) is 0. The molecule has 2 rings (SSSR count). The van der Waals surface area contributed by atoms with E-state index in [0.717, 1.165) is 32.5 Å². The zero-order chi connectivity index (χ0) is 10.9. The predicted molar refractivity (Wildman–Crippen MR) is 63.8 cm³/mol. The highest BCUT2D eigenvalue weighted by molar-refractivity contribution is 8.00. The standard InChI is InChI=1S/C11H20N2OS/c1-11(7-15-8-11)6-13-4-2-3-9(5-13)10(12)14/h9H,2-8H2,1H3,(H2,12,14). The molecule has 86 valence electrons. The molecule has 1 unspecified atom stereocenters. The molecule has 3 nitrogen and oxygen atoms in total. The molecular weight excluding hydrogens is 208 g/mol. The SMILES string of the molecule is CC1(CN2CCCC(C(N)=O)C2)CSC1. The van der Waals surface area contributed by atoms with E-state index in [0.29, 0.717) is 5.41 Å². The van der Waals surface area contributed by atoms with Crippen LogP contribution < -0.4 is 5.73 Å². The van der Waals surface area contributed by atoms with Gasteiger partial charge in [0.2, 0.25) is 5.91 Å². The molecule has 2 saturated heterocycles. The fourth-order valence-electron chi connectivity index (χ4n) is 2.51. The van der Waals surface area contributed by atoms with E-state index < -0.39 is 0 Å². The summed E-state index contributed by atoms with van der Waals surface area (Å²) < 4.78 is 0. The lowest BCUT2D eigenvalue weighted by Gasteiger charge is -2.43. The van der Waals surface area contributed by atoms with Crippen LogP contribution in [0.4, 0.5) is 0 Å². The van der Waals surface area contributed by atoms with E-state index in [-0.39, 0.29) is 11.8 Å². The van der Waals surface area contributed by atoms with Crippen molar-refractivity contribution in [2.75, 3.05) is 31.1 Å². The number of nitrogens with two attached hydrogens (primary N) is 1. The highest BCUT2D eigenvalue weighted by atomic mass is 32.2. The normalized spacial score (nSPS) is 30.9. The molecule has 0 spiro atoms. The highest BCUT2D eigenvalue weighted by Gasteiger charge is 2.36. The average molecular weight is 228 g/mol. The van der Waals surface area contributed by atoms with Gasteiger partial charge in [0.05, 0.1) is 5.92 Å². The predicted octanol–water partition coefficient (Wildman–Crippen LogP) is 0.937. The fourth-order valence-corrected chi connectivity index (χ4v) is 3.60. The van der Waals surface area contributed by atoms with E-state index in [9.17, 15) is 4.79 Å². The van der Waals surface area contributed by atoms with Crippen molar-refractivity contribution in [1.82, 2.24) is 4.90 Å². The first-order valence-electron chi connectivity index (χ1n) is 5.68. The summed E-state index contributed by atoms with van der Waals surface area (Å²) in [6, 6.07) is 0. The Labute approximate surface area is 95.8 Å². The van der Waals surface area contributed by atoms with Crippen molar-refractivity contribution in [3.63, 3.8) is 0 Å². The number of nitrogens with zero attached hydrogens (tertiary/aromatic N) is 1. The number of amides is 1. The van der Waals surface area contributed by atoms with E-state index in [1.165, 1.54) is 11.5 Å². The number of hydrogen-bond donors (Lipinski definition) is 1. The molecule has 1 atom stereocenters. The van der Waals surface area contributed by atoms with Crippen molar-refractivity contribution in [1.29, 1.82) is 0 Å². The molecule has 2 heterocycles. The summed E-state index contributed by atoms with van der Waals surface area (Å²) in [7, 11) is 0. The lowest BCUT2D eigenvalue weighted by atomic mass is 9.91. The van der Waals surface area contributed by atoms with E-state index >= 15 is 0 Å². The van der Waals surface area contributed by atoms with Gasteiger partial charge in [-0.1, -0.05) is 6.92 Å². The van der Waals surface area contributed by atoms with Crippen LogP contribution in [0.1, 0.15) is 19.8 Å². The van der Waals surface area contributed by atoms with Crippen molar-refractivity contribution in [2.45, 2.75) is 19.8 Å². The second kappa shape index (κ2) is 4.34.